The van der Waals surface area contributed by atoms with E-state index in [0.717, 1.165) is 57.2 Å². The SMILES string of the molecule is C[C@H]1CCCN(Cc2cc(C(F)(F)F)c3cn(-c4cccc([C@]5(C6NNC7(CCCCC7)S6)C[C@@H](C)C5)c4)c(=O)n3c2)C1. The van der Waals surface area contributed by atoms with E-state index in [0.29, 0.717) is 29.6 Å². The number of benzene rings is 1. The molecular weight excluding hydrogens is 571 g/mol. The Labute approximate surface area is 255 Å². The van der Waals surface area contributed by atoms with Crippen molar-refractivity contribution < 1.29 is 13.2 Å². The molecule has 2 N–H and O–H groups in total. The number of imidazole rings is 1. The first kappa shape index (κ1) is 29.4. The third-order valence-corrected chi connectivity index (χ3v) is 12.1. The van der Waals surface area contributed by atoms with Gasteiger partial charge in [-0.15, -0.1) is 11.8 Å². The maximum absolute atomic E-state index is 14.4. The summed E-state index contributed by atoms with van der Waals surface area (Å²) in [6.45, 7) is 6.57. The molecule has 2 aliphatic carbocycles. The predicted molar refractivity (Wildman–Crippen MR) is 165 cm³/mol. The third-order valence-electron chi connectivity index (χ3n) is 10.3. The van der Waals surface area contributed by atoms with E-state index in [-0.39, 0.29) is 21.2 Å². The molecule has 0 radical (unpaired) electrons. The number of hydrogen-bond donors (Lipinski definition) is 2. The van der Waals surface area contributed by atoms with Gasteiger partial charge in [-0.3, -0.25) is 13.9 Å². The summed E-state index contributed by atoms with van der Waals surface area (Å²) in [5.74, 6) is 1.10. The number of hydrazine groups is 1. The second kappa shape index (κ2) is 11.0. The highest BCUT2D eigenvalue weighted by atomic mass is 32.2. The number of nitrogens with one attached hydrogen (secondary N) is 2. The minimum absolute atomic E-state index is 0.0707. The van der Waals surface area contributed by atoms with Crippen LogP contribution < -0.4 is 16.5 Å². The quantitative estimate of drug-likeness (QED) is 0.330. The fourth-order valence-electron chi connectivity index (χ4n) is 8.28. The molecule has 1 unspecified atom stereocenters. The van der Waals surface area contributed by atoms with Gasteiger partial charge in [0, 0.05) is 30.9 Å². The molecule has 2 aromatic heterocycles. The molecule has 0 amide bonds. The minimum Gasteiger partial charge on any atom is -0.299 e. The summed E-state index contributed by atoms with van der Waals surface area (Å²) in [7, 11) is 0. The van der Waals surface area contributed by atoms with E-state index < -0.39 is 17.4 Å². The van der Waals surface area contributed by atoms with Crippen molar-refractivity contribution in [3.8, 4) is 5.69 Å². The lowest BCUT2D eigenvalue weighted by molar-refractivity contribution is -0.136. The number of nitrogens with zero attached hydrogens (tertiary/aromatic N) is 3. The van der Waals surface area contributed by atoms with Crippen molar-refractivity contribution in [1.29, 1.82) is 0 Å². The van der Waals surface area contributed by atoms with Crippen LogP contribution in [0.1, 0.15) is 88.3 Å². The van der Waals surface area contributed by atoms with Gasteiger partial charge in [0.25, 0.3) is 0 Å². The van der Waals surface area contributed by atoms with Crippen molar-refractivity contribution in [3.05, 3.63) is 69.9 Å². The van der Waals surface area contributed by atoms with Crippen LogP contribution in [0.15, 0.2) is 47.5 Å². The van der Waals surface area contributed by atoms with Crippen LogP contribution in [0.25, 0.3) is 11.2 Å². The number of likely N-dealkylation sites (tertiary alicyclic amines) is 1. The van der Waals surface area contributed by atoms with Gasteiger partial charge in [0.15, 0.2) is 0 Å². The Morgan fingerprint density at radius 2 is 1.81 bits per heavy atom. The van der Waals surface area contributed by atoms with E-state index in [4.69, 9.17) is 0 Å². The van der Waals surface area contributed by atoms with Crippen molar-refractivity contribution >= 4 is 17.3 Å². The first-order chi connectivity index (χ1) is 20.6. The van der Waals surface area contributed by atoms with E-state index >= 15 is 0 Å². The molecule has 2 atom stereocenters. The molecule has 2 saturated carbocycles. The molecule has 0 bridgehead atoms. The summed E-state index contributed by atoms with van der Waals surface area (Å²) >= 11 is 2.02. The molecule has 1 spiro atoms. The first-order valence-corrected chi connectivity index (χ1v) is 16.8. The fourth-order valence-corrected chi connectivity index (χ4v) is 10.0. The Morgan fingerprint density at radius 3 is 2.53 bits per heavy atom. The van der Waals surface area contributed by atoms with E-state index in [9.17, 15) is 18.0 Å². The summed E-state index contributed by atoms with van der Waals surface area (Å²) in [4.78, 5) is 16.0. The van der Waals surface area contributed by atoms with E-state index in [1.54, 1.807) is 6.20 Å². The Balaban J connectivity index is 1.25. The number of rotatable bonds is 5. The molecule has 10 heteroatoms. The van der Waals surface area contributed by atoms with Gasteiger partial charge in [-0.05, 0) is 86.2 Å². The van der Waals surface area contributed by atoms with Gasteiger partial charge in [-0.2, -0.15) is 13.2 Å². The van der Waals surface area contributed by atoms with E-state index in [2.05, 4.69) is 35.7 Å². The van der Waals surface area contributed by atoms with E-state index in [1.165, 1.54) is 40.5 Å². The van der Waals surface area contributed by atoms with Gasteiger partial charge in [0.2, 0.25) is 0 Å². The van der Waals surface area contributed by atoms with E-state index in [1.807, 2.05) is 30.0 Å². The van der Waals surface area contributed by atoms with Gasteiger partial charge < -0.3 is 0 Å². The second-order valence-electron chi connectivity index (χ2n) is 13.8. The van der Waals surface area contributed by atoms with Gasteiger partial charge in [-0.1, -0.05) is 45.2 Å². The first-order valence-electron chi connectivity index (χ1n) is 15.9. The van der Waals surface area contributed by atoms with Crippen LogP contribution in [0.3, 0.4) is 0 Å². The smallest absolute Gasteiger partial charge is 0.299 e. The van der Waals surface area contributed by atoms with Crippen LogP contribution in [-0.4, -0.2) is 37.2 Å². The molecule has 2 aliphatic heterocycles. The zero-order valence-electron chi connectivity index (χ0n) is 25.1. The highest BCUT2D eigenvalue weighted by molar-refractivity contribution is 8.01. The van der Waals surface area contributed by atoms with Gasteiger partial charge in [0.1, 0.15) is 0 Å². The zero-order chi connectivity index (χ0) is 30.0. The number of hydrogen-bond acceptors (Lipinski definition) is 5. The molecule has 43 heavy (non-hydrogen) atoms. The molecule has 2 saturated heterocycles. The topological polar surface area (TPSA) is 53.7 Å². The standard InChI is InChI=1S/C33H42F3N5OS/c1-22-8-7-13-39(18-22)19-24-14-27(33(34,35)36)28-21-40(30(42)41(28)20-24)26-10-6-9-25(15-26)31(16-23(2)17-31)29-37-38-32(43-29)11-4-3-5-12-32/h6,9-10,14-15,20-23,29,37-38H,3-5,7-8,11-13,16-19H2,1-2H3/t22-,23-,29?,31+/m0/s1. The molecule has 4 aliphatic rings. The van der Waals surface area contributed by atoms with Crippen molar-refractivity contribution in [2.45, 2.75) is 100 Å². The number of aromatic nitrogens is 2. The molecule has 4 heterocycles. The normalized spacial score (nSPS) is 29.7. The van der Waals surface area contributed by atoms with Crippen molar-refractivity contribution in [1.82, 2.24) is 24.7 Å². The summed E-state index contributed by atoms with van der Waals surface area (Å²) < 4.78 is 45.7. The number of alkyl halides is 3. The lowest BCUT2D eigenvalue weighted by Crippen LogP contribution is -2.54. The number of pyridine rings is 1. The summed E-state index contributed by atoms with van der Waals surface area (Å²) in [5, 5.41) is 0.193. The molecule has 6 nitrogen and oxygen atoms in total. The number of fused-ring (bicyclic) bond motifs is 1. The number of halogens is 3. The lowest BCUT2D eigenvalue weighted by atomic mass is 9.59. The van der Waals surface area contributed by atoms with Crippen molar-refractivity contribution in [3.63, 3.8) is 0 Å². The van der Waals surface area contributed by atoms with Crippen LogP contribution in [0, 0.1) is 11.8 Å². The number of piperidine rings is 1. The predicted octanol–water partition coefficient (Wildman–Crippen LogP) is 6.84. The molecule has 1 aromatic carbocycles. The van der Waals surface area contributed by atoms with Crippen LogP contribution in [0.4, 0.5) is 13.2 Å². The summed E-state index contributed by atoms with van der Waals surface area (Å²) in [6, 6.07) is 9.17. The summed E-state index contributed by atoms with van der Waals surface area (Å²) in [6.07, 6.45) is 8.69. The van der Waals surface area contributed by atoms with Gasteiger partial charge >= 0.3 is 11.9 Å². The summed E-state index contributed by atoms with van der Waals surface area (Å²) in [5.41, 5.74) is 8.11. The van der Waals surface area contributed by atoms with Crippen LogP contribution >= 0.6 is 11.8 Å². The molecule has 7 rings (SSSR count). The average molecular weight is 614 g/mol. The average Bonchev–Trinajstić information content (AvgIpc) is 3.52. The second-order valence-corrected chi connectivity index (χ2v) is 15.3. The molecule has 232 valence electrons. The largest absolute Gasteiger partial charge is 0.418 e. The number of thioether (sulfide) groups is 1. The third kappa shape index (κ3) is 5.36. The monoisotopic (exact) mass is 613 g/mol. The Bertz CT molecular complexity index is 1550. The highest BCUT2D eigenvalue weighted by Gasteiger charge is 2.55. The van der Waals surface area contributed by atoms with Crippen molar-refractivity contribution in [2.75, 3.05) is 13.1 Å². The Morgan fingerprint density at radius 1 is 1.02 bits per heavy atom. The minimum atomic E-state index is -4.57. The highest BCUT2D eigenvalue weighted by Crippen LogP contribution is 2.57. The van der Waals surface area contributed by atoms with Crippen LogP contribution in [0.5, 0.6) is 0 Å². The maximum atomic E-state index is 14.4. The Kier molecular flexibility index (Phi) is 7.51. The molecule has 4 fully saturated rings. The van der Waals surface area contributed by atoms with Crippen LogP contribution in [-0.2, 0) is 18.1 Å². The van der Waals surface area contributed by atoms with Crippen molar-refractivity contribution in [2.24, 2.45) is 11.8 Å². The maximum Gasteiger partial charge on any atom is 0.418 e. The zero-order valence-corrected chi connectivity index (χ0v) is 25.9. The van der Waals surface area contributed by atoms with Gasteiger partial charge in [-0.25, -0.2) is 15.6 Å². The molecular formula is C33H42F3N5OS. The fraction of sp³-hybridized carbons (Fsp3) is 0.606. The van der Waals surface area contributed by atoms with Gasteiger partial charge in [0.05, 0.1) is 27.0 Å². The lowest BCUT2D eigenvalue weighted by Gasteiger charge is -2.50. The van der Waals surface area contributed by atoms with Crippen LogP contribution in [0.2, 0.25) is 0 Å². The molecule has 3 aromatic rings. The Hall–Kier alpha value is -2.27.